The van der Waals surface area contributed by atoms with Crippen molar-refractivity contribution < 1.29 is 39.8 Å². The maximum absolute atomic E-state index is 13.8. The van der Waals surface area contributed by atoms with Crippen molar-refractivity contribution in [3.8, 4) is 34.5 Å². The molecule has 5 N–H and O–H groups in total. The first kappa shape index (κ1) is 32.7. The number of phenolic OH excluding ortho intramolecular Hbond substituents is 2. The predicted octanol–water partition coefficient (Wildman–Crippen LogP) is 10.0. The number of nitrogens with zero attached hydrogens (tertiary/aromatic N) is 2. The number of ketones is 1. The largest absolute Gasteiger partial charge is 0.507 e. The molecule has 0 spiro atoms. The third-order valence-electron chi connectivity index (χ3n) is 9.97. The zero-order valence-corrected chi connectivity index (χ0v) is 29.6. The number of benzene rings is 5. The van der Waals surface area contributed by atoms with Crippen molar-refractivity contribution in [3.05, 3.63) is 153 Å². The lowest BCUT2D eigenvalue weighted by Gasteiger charge is -2.34. The van der Waals surface area contributed by atoms with Crippen LogP contribution in [0.1, 0.15) is 27.8 Å². The van der Waals surface area contributed by atoms with Gasteiger partial charge in [-0.3, -0.25) is 4.79 Å². The van der Waals surface area contributed by atoms with E-state index >= 15 is 0 Å². The molecule has 9 rings (SSSR count). The lowest BCUT2D eigenvalue weighted by molar-refractivity contribution is -0.111. The van der Waals surface area contributed by atoms with Gasteiger partial charge in [0.2, 0.25) is 11.5 Å². The number of Topliss-reactive ketones (excluding diaryl/α,β-unsaturated/α-hetero) is 1. The van der Waals surface area contributed by atoms with E-state index in [-0.39, 0.29) is 22.3 Å². The summed E-state index contributed by atoms with van der Waals surface area (Å²) in [4.78, 5) is 15.6. The van der Waals surface area contributed by atoms with E-state index in [2.05, 4.69) is 0 Å². The standard InChI is InChI=1S/C44H32N2O8/c1-21-5-9-27-35(13-21)53-36-14-22(2)6-10-28(36)45(27)25-17-31(47)39(32(48)18-25)41-43(51)42(44(41)52)40-33(49)19-26(20-34(40)50)46-29-11-7-23(3)15-37(29)54-38-16-24(4)8-12-30(38)46/h5-20H,1-4H3,(H4,47,48,49,50,51,52)/p+1. The number of aromatic hydroxyl groups is 2. The van der Waals surface area contributed by atoms with Gasteiger partial charge in [0.1, 0.15) is 28.8 Å². The summed E-state index contributed by atoms with van der Waals surface area (Å²) in [5.74, 6) is -0.907. The predicted molar refractivity (Wildman–Crippen MR) is 206 cm³/mol. The van der Waals surface area contributed by atoms with Crippen LogP contribution in [-0.2, 0) is 4.79 Å². The molecule has 2 aliphatic heterocycles. The minimum Gasteiger partial charge on any atom is -0.507 e. The fourth-order valence-electron chi connectivity index (χ4n) is 7.44. The molecule has 10 heteroatoms. The average molecular weight is 718 g/mol. The SMILES string of the molecule is Cc1ccc2c(c1)Oc1cc(C)ccc1N2c1cc(O)c(C2=C(O)C(=C3C(O)=CC(=[N+]4c5ccc(C)cc5Oc5cc(C)ccc54)C=C3O)C2=O)c(O)c1. The molecule has 266 valence electrons. The monoisotopic (exact) mass is 717 g/mol. The number of allylic oxidation sites excluding steroid dienone is 4. The minimum absolute atomic E-state index is 0.283. The summed E-state index contributed by atoms with van der Waals surface area (Å²) in [6, 6.07) is 25.6. The van der Waals surface area contributed by atoms with Crippen LogP contribution in [0.5, 0.6) is 34.5 Å². The molecule has 0 saturated heterocycles. The van der Waals surface area contributed by atoms with Crippen LogP contribution >= 0.6 is 0 Å². The molecule has 5 aromatic rings. The van der Waals surface area contributed by atoms with Crippen molar-refractivity contribution in [2.24, 2.45) is 0 Å². The Morgan fingerprint density at radius 2 is 0.981 bits per heavy atom. The van der Waals surface area contributed by atoms with E-state index < -0.39 is 34.6 Å². The van der Waals surface area contributed by atoms with Crippen molar-refractivity contribution in [1.29, 1.82) is 0 Å². The molecule has 10 nitrogen and oxygen atoms in total. The van der Waals surface area contributed by atoms with E-state index in [1.54, 1.807) is 0 Å². The van der Waals surface area contributed by atoms with E-state index in [0.29, 0.717) is 57.1 Å². The fraction of sp³-hybridized carbons (Fsp3) is 0.0909. The molecule has 0 aromatic heterocycles. The van der Waals surface area contributed by atoms with Gasteiger partial charge in [-0.2, -0.15) is 0 Å². The number of aliphatic hydroxyl groups is 3. The summed E-state index contributed by atoms with van der Waals surface area (Å²) in [5, 5.41) is 56.8. The minimum atomic E-state index is -0.787. The van der Waals surface area contributed by atoms with Gasteiger partial charge < -0.3 is 39.9 Å². The zero-order valence-electron chi connectivity index (χ0n) is 29.6. The number of phenols is 2. The first-order chi connectivity index (χ1) is 25.9. The number of fused-ring (bicyclic) bond motifs is 4. The second-order valence-electron chi connectivity index (χ2n) is 13.9. The molecular formula is C44H33N2O8+. The van der Waals surface area contributed by atoms with E-state index in [4.69, 9.17) is 9.47 Å². The zero-order chi connectivity index (χ0) is 37.7. The first-order valence-electron chi connectivity index (χ1n) is 17.2. The Kier molecular flexibility index (Phi) is 7.06. The Bertz CT molecular complexity index is 2580. The number of aryl methyl sites for hydroxylation is 4. The summed E-state index contributed by atoms with van der Waals surface area (Å²) in [7, 11) is 0. The number of anilines is 3. The number of rotatable bonds is 2. The molecule has 0 fully saturated rings. The van der Waals surface area contributed by atoms with Gasteiger partial charge >= 0.3 is 0 Å². The van der Waals surface area contributed by atoms with Gasteiger partial charge in [0, 0.05) is 24.3 Å². The molecule has 5 aromatic carbocycles. The lowest BCUT2D eigenvalue weighted by Crippen LogP contribution is -2.26. The Hall–Kier alpha value is -7.20. The number of carbonyl (C=O) groups excluding carboxylic acids is 1. The Balaban J connectivity index is 1.13. The molecular weight excluding hydrogens is 684 g/mol. The first-order valence-corrected chi connectivity index (χ1v) is 17.2. The van der Waals surface area contributed by atoms with Crippen LogP contribution in [0.15, 0.2) is 126 Å². The quantitative estimate of drug-likeness (QED) is 0.0872. The van der Waals surface area contributed by atoms with Crippen LogP contribution < -0.4 is 18.9 Å². The fourth-order valence-corrected chi connectivity index (χ4v) is 7.44. The van der Waals surface area contributed by atoms with Gasteiger partial charge in [-0.15, -0.1) is 4.58 Å². The van der Waals surface area contributed by atoms with Crippen molar-refractivity contribution >= 4 is 45.5 Å². The molecule has 0 bridgehead atoms. The number of hydrogen-bond acceptors (Lipinski definition) is 9. The van der Waals surface area contributed by atoms with Crippen LogP contribution in [0.4, 0.5) is 28.4 Å². The highest BCUT2D eigenvalue weighted by Crippen LogP contribution is 2.54. The van der Waals surface area contributed by atoms with Gasteiger partial charge in [-0.25, -0.2) is 0 Å². The van der Waals surface area contributed by atoms with E-state index in [1.165, 1.54) is 24.3 Å². The van der Waals surface area contributed by atoms with Crippen LogP contribution in [-0.4, -0.2) is 37.0 Å². The highest BCUT2D eigenvalue weighted by Gasteiger charge is 2.43. The normalized spacial score (nSPS) is 15.7. The number of ether oxygens (including phenoxy) is 2. The van der Waals surface area contributed by atoms with Gasteiger partial charge in [-0.1, -0.05) is 24.3 Å². The van der Waals surface area contributed by atoms with Gasteiger partial charge in [0.15, 0.2) is 23.0 Å². The Morgan fingerprint density at radius 1 is 0.537 bits per heavy atom. The summed E-state index contributed by atoms with van der Waals surface area (Å²) >= 11 is 0. The molecule has 2 heterocycles. The molecule has 0 unspecified atom stereocenters. The number of carbonyl (C=O) groups is 1. The Morgan fingerprint density at radius 3 is 1.46 bits per heavy atom. The number of hydrogen-bond donors (Lipinski definition) is 5. The van der Waals surface area contributed by atoms with Crippen molar-refractivity contribution in [3.63, 3.8) is 0 Å². The van der Waals surface area contributed by atoms with Crippen molar-refractivity contribution in [2.45, 2.75) is 27.7 Å². The van der Waals surface area contributed by atoms with Gasteiger partial charge in [-0.05, 0) is 86.3 Å². The third kappa shape index (κ3) is 4.87. The van der Waals surface area contributed by atoms with Crippen LogP contribution in [0.2, 0.25) is 0 Å². The number of aliphatic hydroxyl groups excluding tert-OH is 3. The van der Waals surface area contributed by atoms with Crippen molar-refractivity contribution in [1.82, 2.24) is 4.58 Å². The highest BCUT2D eigenvalue weighted by molar-refractivity contribution is 6.40. The van der Waals surface area contributed by atoms with Crippen molar-refractivity contribution in [2.75, 3.05) is 4.90 Å². The maximum atomic E-state index is 13.8. The van der Waals surface area contributed by atoms with E-state index in [1.807, 2.05) is 110 Å². The average Bonchev–Trinajstić information content (AvgIpc) is 3.12. The molecule has 54 heavy (non-hydrogen) atoms. The second-order valence-corrected chi connectivity index (χ2v) is 13.9. The summed E-state index contributed by atoms with van der Waals surface area (Å²) in [6.07, 6.45) is 2.79. The van der Waals surface area contributed by atoms with Gasteiger partial charge in [0.05, 0.1) is 51.5 Å². The van der Waals surface area contributed by atoms with Crippen LogP contribution in [0.25, 0.3) is 5.57 Å². The molecule has 0 saturated carbocycles. The second kappa shape index (κ2) is 11.7. The third-order valence-corrected chi connectivity index (χ3v) is 9.97. The van der Waals surface area contributed by atoms with E-state index in [9.17, 15) is 30.3 Å². The van der Waals surface area contributed by atoms with E-state index in [0.717, 1.165) is 22.3 Å². The topological polar surface area (TPSA) is 143 Å². The highest BCUT2D eigenvalue weighted by atomic mass is 16.5. The molecule has 0 radical (unpaired) electrons. The lowest BCUT2D eigenvalue weighted by atomic mass is 9.78. The van der Waals surface area contributed by atoms with Crippen LogP contribution in [0.3, 0.4) is 0 Å². The smallest absolute Gasteiger partial charge is 0.254 e. The summed E-state index contributed by atoms with van der Waals surface area (Å²) < 4.78 is 14.3. The summed E-state index contributed by atoms with van der Waals surface area (Å²) in [6.45, 7) is 7.80. The van der Waals surface area contributed by atoms with Gasteiger partial charge in [0.25, 0.3) is 11.4 Å². The maximum Gasteiger partial charge on any atom is 0.254 e. The molecule has 4 aliphatic rings. The molecule has 0 amide bonds. The Labute approximate surface area is 309 Å². The van der Waals surface area contributed by atoms with Crippen LogP contribution in [0, 0.1) is 27.7 Å². The molecule has 2 aliphatic carbocycles. The molecule has 0 atom stereocenters. The summed E-state index contributed by atoms with van der Waals surface area (Å²) in [5.41, 5.74) is 6.10.